The third-order valence-electron chi connectivity index (χ3n) is 5.00. The van der Waals surface area contributed by atoms with Crippen LogP contribution < -0.4 is 5.32 Å². The van der Waals surface area contributed by atoms with Crippen molar-refractivity contribution in [1.82, 2.24) is 24.6 Å². The van der Waals surface area contributed by atoms with E-state index in [0.717, 1.165) is 35.5 Å². The van der Waals surface area contributed by atoms with E-state index in [1.807, 2.05) is 26.1 Å². The molecular formula is C19H23FN6. The van der Waals surface area contributed by atoms with E-state index in [1.165, 1.54) is 25.0 Å². The zero-order valence-electron chi connectivity index (χ0n) is 15.1. The normalized spacial score (nSPS) is 16.3. The number of hydrogen-bond acceptors (Lipinski definition) is 5. The summed E-state index contributed by atoms with van der Waals surface area (Å²) in [5, 5.41) is 8.70. The molecule has 1 unspecified atom stereocenters. The summed E-state index contributed by atoms with van der Waals surface area (Å²) in [6.07, 6.45) is 4.20. The van der Waals surface area contributed by atoms with Gasteiger partial charge in [0.15, 0.2) is 5.65 Å². The van der Waals surface area contributed by atoms with E-state index < -0.39 is 0 Å². The highest BCUT2D eigenvalue weighted by molar-refractivity contribution is 5.86. The Morgan fingerprint density at radius 3 is 2.62 bits per heavy atom. The minimum Gasteiger partial charge on any atom is -0.367 e. The van der Waals surface area contributed by atoms with Crippen molar-refractivity contribution in [3.05, 3.63) is 47.7 Å². The SMILES string of the molecule is Cc1nc(NCC(c2ccc(F)cc2)N2CCCC2)c2cnn(C)c2n1. The Kier molecular flexibility index (Phi) is 4.55. The minimum atomic E-state index is -0.203. The number of nitrogens with one attached hydrogen (secondary N) is 1. The smallest absolute Gasteiger partial charge is 0.163 e. The van der Waals surface area contributed by atoms with Crippen LogP contribution in [0.2, 0.25) is 0 Å². The van der Waals surface area contributed by atoms with Gasteiger partial charge in [-0.3, -0.25) is 9.58 Å². The first kappa shape index (κ1) is 16.9. The largest absolute Gasteiger partial charge is 0.367 e. The second kappa shape index (κ2) is 6.99. The summed E-state index contributed by atoms with van der Waals surface area (Å²) in [6, 6.07) is 7.01. The fourth-order valence-corrected chi connectivity index (χ4v) is 3.66. The molecule has 7 heteroatoms. The number of rotatable bonds is 5. The first-order chi connectivity index (χ1) is 12.6. The van der Waals surface area contributed by atoms with Crippen LogP contribution in [0.4, 0.5) is 10.2 Å². The number of anilines is 1. The Balaban J connectivity index is 1.61. The van der Waals surface area contributed by atoms with Gasteiger partial charge in [0.2, 0.25) is 0 Å². The Morgan fingerprint density at radius 1 is 1.15 bits per heavy atom. The molecule has 0 bridgehead atoms. The molecule has 1 fully saturated rings. The van der Waals surface area contributed by atoms with Crippen LogP contribution in [0.1, 0.15) is 30.3 Å². The van der Waals surface area contributed by atoms with E-state index in [4.69, 9.17) is 0 Å². The summed E-state index contributed by atoms with van der Waals surface area (Å²) in [5.41, 5.74) is 1.94. The zero-order chi connectivity index (χ0) is 18.1. The van der Waals surface area contributed by atoms with Crippen LogP contribution in [0.25, 0.3) is 11.0 Å². The van der Waals surface area contributed by atoms with Crippen molar-refractivity contribution >= 4 is 16.9 Å². The first-order valence-electron chi connectivity index (χ1n) is 9.01. The molecule has 6 nitrogen and oxygen atoms in total. The summed E-state index contributed by atoms with van der Waals surface area (Å²) in [5.74, 6) is 1.31. The van der Waals surface area contributed by atoms with E-state index >= 15 is 0 Å². The fourth-order valence-electron chi connectivity index (χ4n) is 3.66. The number of aryl methyl sites for hydroxylation is 2. The first-order valence-corrected chi connectivity index (χ1v) is 9.01. The Morgan fingerprint density at radius 2 is 1.88 bits per heavy atom. The quantitative estimate of drug-likeness (QED) is 0.763. The lowest BCUT2D eigenvalue weighted by Crippen LogP contribution is -2.31. The maximum atomic E-state index is 13.3. The van der Waals surface area contributed by atoms with Crippen molar-refractivity contribution in [2.24, 2.45) is 7.05 Å². The van der Waals surface area contributed by atoms with E-state index in [2.05, 4.69) is 25.3 Å². The molecule has 1 atom stereocenters. The van der Waals surface area contributed by atoms with Crippen LogP contribution >= 0.6 is 0 Å². The predicted octanol–water partition coefficient (Wildman–Crippen LogP) is 3.06. The average molecular weight is 354 g/mol. The molecule has 2 aromatic heterocycles. The van der Waals surface area contributed by atoms with Crippen molar-refractivity contribution in [2.75, 3.05) is 25.0 Å². The molecule has 0 spiro atoms. The summed E-state index contributed by atoms with van der Waals surface area (Å²) in [4.78, 5) is 11.5. The lowest BCUT2D eigenvalue weighted by atomic mass is 10.1. The monoisotopic (exact) mass is 354 g/mol. The van der Waals surface area contributed by atoms with Crippen LogP contribution in [-0.2, 0) is 7.05 Å². The number of benzene rings is 1. The van der Waals surface area contributed by atoms with Gasteiger partial charge in [0, 0.05) is 13.6 Å². The maximum absolute atomic E-state index is 13.3. The van der Waals surface area contributed by atoms with Crippen LogP contribution in [-0.4, -0.2) is 44.3 Å². The molecule has 1 aromatic carbocycles. The highest BCUT2D eigenvalue weighted by Gasteiger charge is 2.24. The zero-order valence-corrected chi connectivity index (χ0v) is 15.1. The van der Waals surface area contributed by atoms with Crippen LogP contribution in [0.15, 0.2) is 30.5 Å². The van der Waals surface area contributed by atoms with Crippen LogP contribution in [0, 0.1) is 12.7 Å². The van der Waals surface area contributed by atoms with Gasteiger partial charge in [-0.25, -0.2) is 14.4 Å². The number of halogens is 1. The van der Waals surface area contributed by atoms with Gasteiger partial charge in [-0.1, -0.05) is 12.1 Å². The van der Waals surface area contributed by atoms with Crippen molar-refractivity contribution < 1.29 is 4.39 Å². The summed E-state index contributed by atoms with van der Waals surface area (Å²) in [7, 11) is 1.88. The summed E-state index contributed by atoms with van der Waals surface area (Å²) in [6.45, 7) is 4.71. The predicted molar refractivity (Wildman–Crippen MR) is 99.5 cm³/mol. The Bertz CT molecular complexity index is 898. The van der Waals surface area contributed by atoms with Crippen LogP contribution in [0.3, 0.4) is 0 Å². The van der Waals surface area contributed by atoms with Crippen molar-refractivity contribution in [3.63, 3.8) is 0 Å². The standard InChI is InChI=1S/C19H23FN6/c1-13-23-18(16-11-22-25(2)19(16)24-13)21-12-17(26-9-3-4-10-26)14-5-7-15(20)8-6-14/h5-8,11,17H,3-4,9-10,12H2,1-2H3,(H,21,23,24). The average Bonchev–Trinajstić information content (AvgIpc) is 3.27. The molecule has 3 heterocycles. The molecule has 136 valence electrons. The minimum absolute atomic E-state index is 0.181. The molecular weight excluding hydrogens is 331 g/mol. The highest BCUT2D eigenvalue weighted by atomic mass is 19.1. The van der Waals surface area contributed by atoms with Gasteiger partial charge in [0.05, 0.1) is 17.6 Å². The fraction of sp³-hybridized carbons (Fsp3) is 0.421. The van der Waals surface area contributed by atoms with Gasteiger partial charge in [0.1, 0.15) is 17.5 Å². The number of nitrogens with zero attached hydrogens (tertiary/aromatic N) is 5. The van der Waals surface area contributed by atoms with Crippen molar-refractivity contribution in [1.29, 1.82) is 0 Å². The van der Waals surface area contributed by atoms with Gasteiger partial charge in [-0.05, 0) is 50.6 Å². The second-order valence-electron chi connectivity index (χ2n) is 6.82. The van der Waals surface area contributed by atoms with E-state index in [9.17, 15) is 4.39 Å². The van der Waals surface area contributed by atoms with Gasteiger partial charge < -0.3 is 5.32 Å². The third-order valence-corrected chi connectivity index (χ3v) is 5.00. The third kappa shape index (κ3) is 3.26. The summed E-state index contributed by atoms with van der Waals surface area (Å²) < 4.78 is 15.1. The molecule has 1 saturated heterocycles. The van der Waals surface area contributed by atoms with E-state index in [-0.39, 0.29) is 11.9 Å². The van der Waals surface area contributed by atoms with Crippen LogP contribution in [0.5, 0.6) is 0 Å². The molecule has 26 heavy (non-hydrogen) atoms. The van der Waals surface area contributed by atoms with Crippen molar-refractivity contribution in [3.8, 4) is 0 Å². The summed E-state index contributed by atoms with van der Waals surface area (Å²) >= 11 is 0. The second-order valence-corrected chi connectivity index (χ2v) is 6.82. The van der Waals surface area contributed by atoms with E-state index in [1.54, 1.807) is 10.9 Å². The number of fused-ring (bicyclic) bond motifs is 1. The lowest BCUT2D eigenvalue weighted by Gasteiger charge is -2.28. The molecule has 1 N–H and O–H groups in total. The topological polar surface area (TPSA) is 58.9 Å². The Labute approximate surface area is 152 Å². The molecule has 0 radical (unpaired) electrons. The van der Waals surface area contributed by atoms with Crippen molar-refractivity contribution in [2.45, 2.75) is 25.8 Å². The number of aromatic nitrogens is 4. The van der Waals surface area contributed by atoms with Gasteiger partial charge in [-0.15, -0.1) is 0 Å². The maximum Gasteiger partial charge on any atom is 0.163 e. The lowest BCUT2D eigenvalue weighted by molar-refractivity contribution is 0.256. The molecule has 0 saturated carbocycles. The van der Waals surface area contributed by atoms with Gasteiger partial charge in [0.25, 0.3) is 0 Å². The highest BCUT2D eigenvalue weighted by Crippen LogP contribution is 2.27. The molecule has 1 aliphatic heterocycles. The number of likely N-dealkylation sites (tertiary alicyclic amines) is 1. The van der Waals surface area contributed by atoms with E-state index in [0.29, 0.717) is 12.4 Å². The van der Waals surface area contributed by atoms with Gasteiger partial charge >= 0.3 is 0 Å². The molecule has 1 aliphatic rings. The Hall–Kier alpha value is -2.54. The van der Waals surface area contributed by atoms with Gasteiger partial charge in [-0.2, -0.15) is 5.10 Å². The molecule has 4 rings (SSSR count). The molecule has 3 aromatic rings. The molecule has 0 amide bonds. The number of hydrogen-bond donors (Lipinski definition) is 1. The molecule has 0 aliphatic carbocycles.